The molecule has 0 fully saturated rings. The number of carbonyl (C=O) groups excluding carboxylic acids is 3. The molecule has 0 aliphatic rings. The summed E-state index contributed by atoms with van der Waals surface area (Å²) in [5, 5.41) is 46.6. The van der Waals surface area contributed by atoms with Crippen LogP contribution in [-0.4, -0.2) is 74.4 Å². The predicted molar refractivity (Wildman–Crippen MR) is 157 cm³/mol. The SMILES string of the molecule is CC(O)C(NC(=O)C(N)Cc1ccccc1)C(=O)NC(Cc1ccc(O)cc1)C(=O)NC(Cc1ccc(O)cc1)C(=O)O. The monoisotopic (exact) mass is 592 g/mol. The number of phenolic OH excluding ortho intramolecular Hbond substituents is 2. The molecule has 0 radical (unpaired) electrons. The zero-order valence-corrected chi connectivity index (χ0v) is 23.5. The minimum absolute atomic E-state index is 0.00267. The molecule has 0 aliphatic heterocycles. The molecular formula is C31H36N4O8. The number of aromatic hydroxyl groups is 2. The Hall–Kier alpha value is -4.94. The number of amides is 3. The van der Waals surface area contributed by atoms with E-state index in [0.29, 0.717) is 11.1 Å². The first-order valence-corrected chi connectivity index (χ1v) is 13.6. The number of carbonyl (C=O) groups is 4. The number of nitrogens with one attached hydrogen (secondary N) is 3. The second-order valence-electron chi connectivity index (χ2n) is 10.2. The van der Waals surface area contributed by atoms with Gasteiger partial charge in [-0.25, -0.2) is 4.79 Å². The molecule has 0 heterocycles. The van der Waals surface area contributed by atoms with Crippen LogP contribution in [0.2, 0.25) is 0 Å². The largest absolute Gasteiger partial charge is 0.508 e. The lowest BCUT2D eigenvalue weighted by atomic mass is 10.0. The van der Waals surface area contributed by atoms with Gasteiger partial charge in [0.05, 0.1) is 12.1 Å². The molecule has 12 nitrogen and oxygen atoms in total. The average Bonchev–Trinajstić information content (AvgIpc) is 2.97. The molecule has 228 valence electrons. The van der Waals surface area contributed by atoms with Gasteiger partial charge in [-0.1, -0.05) is 54.6 Å². The van der Waals surface area contributed by atoms with Crippen molar-refractivity contribution in [2.24, 2.45) is 5.73 Å². The maximum absolute atomic E-state index is 13.4. The molecule has 0 spiro atoms. The molecule has 12 heteroatoms. The fraction of sp³-hybridized carbons (Fsp3) is 0.290. The van der Waals surface area contributed by atoms with Crippen molar-refractivity contribution in [3.8, 4) is 11.5 Å². The molecule has 0 aliphatic carbocycles. The summed E-state index contributed by atoms with van der Waals surface area (Å²) in [6, 6.07) is 15.5. The van der Waals surface area contributed by atoms with Gasteiger partial charge in [-0.05, 0) is 54.3 Å². The maximum atomic E-state index is 13.4. The minimum atomic E-state index is -1.48. The van der Waals surface area contributed by atoms with Crippen LogP contribution in [0.4, 0.5) is 0 Å². The van der Waals surface area contributed by atoms with Gasteiger partial charge in [0.25, 0.3) is 0 Å². The number of nitrogens with two attached hydrogens (primary N) is 1. The van der Waals surface area contributed by atoms with Crippen LogP contribution in [0.25, 0.3) is 0 Å². The topological polar surface area (TPSA) is 211 Å². The average molecular weight is 593 g/mol. The molecule has 3 amide bonds. The number of aliphatic carboxylic acids is 1. The predicted octanol–water partition coefficient (Wildman–Crippen LogP) is 0.373. The number of rotatable bonds is 14. The Bertz CT molecular complexity index is 1380. The third kappa shape index (κ3) is 10.1. The molecule has 0 saturated carbocycles. The van der Waals surface area contributed by atoms with Gasteiger partial charge < -0.3 is 42.1 Å². The third-order valence-electron chi connectivity index (χ3n) is 6.70. The van der Waals surface area contributed by atoms with E-state index in [2.05, 4.69) is 16.0 Å². The van der Waals surface area contributed by atoms with Crippen molar-refractivity contribution in [2.45, 2.75) is 56.5 Å². The number of hydrogen-bond acceptors (Lipinski definition) is 8. The van der Waals surface area contributed by atoms with Crippen LogP contribution in [0.5, 0.6) is 11.5 Å². The summed E-state index contributed by atoms with van der Waals surface area (Å²) in [6.07, 6.45) is -1.39. The zero-order chi connectivity index (χ0) is 31.5. The minimum Gasteiger partial charge on any atom is -0.508 e. The van der Waals surface area contributed by atoms with E-state index in [1.807, 2.05) is 6.07 Å². The van der Waals surface area contributed by atoms with Crippen molar-refractivity contribution < 1.29 is 39.6 Å². The van der Waals surface area contributed by atoms with Crippen LogP contribution >= 0.6 is 0 Å². The van der Waals surface area contributed by atoms with E-state index in [9.17, 15) is 39.6 Å². The summed E-state index contributed by atoms with van der Waals surface area (Å²) in [5.74, 6) is -3.75. The number of phenols is 2. The van der Waals surface area contributed by atoms with E-state index in [4.69, 9.17) is 5.73 Å². The molecular weight excluding hydrogens is 556 g/mol. The van der Waals surface area contributed by atoms with Crippen molar-refractivity contribution in [3.63, 3.8) is 0 Å². The molecule has 43 heavy (non-hydrogen) atoms. The maximum Gasteiger partial charge on any atom is 0.326 e. The molecule has 0 saturated heterocycles. The van der Waals surface area contributed by atoms with E-state index in [1.165, 1.54) is 55.5 Å². The van der Waals surface area contributed by atoms with Gasteiger partial charge in [0.1, 0.15) is 29.6 Å². The van der Waals surface area contributed by atoms with Gasteiger partial charge in [0.15, 0.2) is 0 Å². The first kappa shape index (κ1) is 32.6. The van der Waals surface area contributed by atoms with Gasteiger partial charge in [0, 0.05) is 12.8 Å². The molecule has 3 aromatic carbocycles. The van der Waals surface area contributed by atoms with Crippen LogP contribution in [0.3, 0.4) is 0 Å². The van der Waals surface area contributed by atoms with Crippen LogP contribution in [0.1, 0.15) is 23.6 Å². The highest BCUT2D eigenvalue weighted by Gasteiger charge is 2.32. The van der Waals surface area contributed by atoms with Gasteiger partial charge in [-0.3, -0.25) is 14.4 Å². The van der Waals surface area contributed by atoms with Crippen molar-refractivity contribution in [2.75, 3.05) is 0 Å². The second-order valence-corrected chi connectivity index (χ2v) is 10.2. The Kier molecular flexibility index (Phi) is 11.6. The van der Waals surface area contributed by atoms with E-state index in [1.54, 1.807) is 24.3 Å². The number of benzene rings is 3. The van der Waals surface area contributed by atoms with E-state index in [-0.39, 0.29) is 30.8 Å². The smallest absolute Gasteiger partial charge is 0.326 e. The number of carboxylic acid groups (broad SMARTS) is 1. The summed E-state index contributed by atoms with van der Waals surface area (Å²) in [6.45, 7) is 1.29. The first-order chi connectivity index (χ1) is 20.4. The Morgan fingerprint density at radius 3 is 1.60 bits per heavy atom. The van der Waals surface area contributed by atoms with E-state index < -0.39 is 54.0 Å². The van der Waals surface area contributed by atoms with Crippen molar-refractivity contribution in [3.05, 3.63) is 95.6 Å². The quantitative estimate of drug-likeness (QED) is 0.130. The standard InChI is InChI=1S/C31H36N4O8/c1-18(36)27(35-28(39)24(32)15-19-5-3-2-4-6-19)30(41)33-25(16-20-7-11-22(37)12-8-20)29(40)34-26(31(42)43)17-21-9-13-23(38)14-10-21/h2-14,18,24-27,36-38H,15-17,32H2,1H3,(H,33,41)(H,34,40)(H,35,39)(H,42,43). The lowest BCUT2D eigenvalue weighted by molar-refractivity contribution is -0.142. The molecule has 5 atom stereocenters. The Morgan fingerprint density at radius 1 is 0.651 bits per heavy atom. The van der Waals surface area contributed by atoms with E-state index >= 15 is 0 Å². The molecule has 0 aromatic heterocycles. The summed E-state index contributed by atoms with van der Waals surface area (Å²) < 4.78 is 0. The number of aliphatic hydroxyl groups is 1. The molecule has 0 bridgehead atoms. The molecule has 3 aromatic rings. The number of hydrogen-bond donors (Lipinski definition) is 8. The fourth-order valence-corrected chi connectivity index (χ4v) is 4.30. The van der Waals surface area contributed by atoms with Crippen molar-refractivity contribution in [1.82, 2.24) is 16.0 Å². The zero-order valence-electron chi connectivity index (χ0n) is 23.5. The summed E-state index contributed by atoms with van der Waals surface area (Å²) >= 11 is 0. The highest BCUT2D eigenvalue weighted by Crippen LogP contribution is 2.14. The molecule has 3 rings (SSSR count). The lowest BCUT2D eigenvalue weighted by Gasteiger charge is -2.26. The first-order valence-electron chi connectivity index (χ1n) is 13.6. The van der Waals surface area contributed by atoms with Crippen LogP contribution < -0.4 is 21.7 Å². The van der Waals surface area contributed by atoms with Crippen molar-refractivity contribution >= 4 is 23.7 Å². The molecule has 9 N–H and O–H groups in total. The van der Waals surface area contributed by atoms with Gasteiger partial charge in [-0.15, -0.1) is 0 Å². The van der Waals surface area contributed by atoms with Crippen LogP contribution in [-0.2, 0) is 38.4 Å². The fourth-order valence-electron chi connectivity index (χ4n) is 4.30. The number of carboxylic acids is 1. The Morgan fingerprint density at radius 2 is 1.12 bits per heavy atom. The molecule has 5 unspecified atom stereocenters. The van der Waals surface area contributed by atoms with Gasteiger partial charge >= 0.3 is 5.97 Å². The van der Waals surface area contributed by atoms with Gasteiger partial charge in [0.2, 0.25) is 17.7 Å². The summed E-state index contributed by atoms with van der Waals surface area (Å²) in [7, 11) is 0. The number of aliphatic hydroxyl groups excluding tert-OH is 1. The highest BCUT2D eigenvalue weighted by atomic mass is 16.4. The normalized spacial score (nSPS) is 14.4. The van der Waals surface area contributed by atoms with Crippen molar-refractivity contribution in [1.29, 1.82) is 0 Å². The van der Waals surface area contributed by atoms with E-state index in [0.717, 1.165) is 5.56 Å². The summed E-state index contributed by atoms with van der Waals surface area (Å²) in [5.41, 5.74) is 7.91. The Labute approximate surface area is 248 Å². The van der Waals surface area contributed by atoms with Gasteiger partial charge in [-0.2, -0.15) is 0 Å². The second kappa shape index (κ2) is 15.3. The van der Waals surface area contributed by atoms with Crippen LogP contribution in [0, 0.1) is 0 Å². The third-order valence-corrected chi connectivity index (χ3v) is 6.70. The highest BCUT2D eigenvalue weighted by molar-refractivity contribution is 5.94. The van der Waals surface area contributed by atoms with Crippen LogP contribution in [0.15, 0.2) is 78.9 Å². The summed E-state index contributed by atoms with van der Waals surface area (Å²) in [4.78, 5) is 51.5. The Balaban J connectivity index is 1.77. The lowest BCUT2D eigenvalue weighted by Crippen LogP contribution is -2.60.